The Morgan fingerprint density at radius 3 is 2.61 bits per heavy atom. The van der Waals surface area contributed by atoms with E-state index in [1.165, 1.54) is 11.3 Å². The first-order valence-electron chi connectivity index (χ1n) is 6.06. The lowest BCUT2D eigenvalue weighted by Crippen LogP contribution is -2.24. The van der Waals surface area contributed by atoms with Crippen LogP contribution in [0.4, 0.5) is 0 Å². The summed E-state index contributed by atoms with van der Waals surface area (Å²) < 4.78 is 2.08. The van der Waals surface area contributed by atoms with Crippen molar-refractivity contribution >= 4 is 19.8 Å². The first-order chi connectivity index (χ1) is 8.47. The fourth-order valence-corrected chi connectivity index (χ4v) is 4.24. The Labute approximate surface area is 114 Å². The lowest BCUT2D eigenvalue weighted by molar-refractivity contribution is 0.880. The van der Waals surface area contributed by atoms with Crippen LogP contribution in [0.25, 0.3) is 5.69 Å². The predicted molar refractivity (Wildman–Crippen MR) is 80.2 cm³/mol. The first-order valence-corrected chi connectivity index (χ1v) is 10.8. The Bertz CT molecular complexity index is 531. The van der Waals surface area contributed by atoms with Gasteiger partial charge in [0.2, 0.25) is 0 Å². The van der Waals surface area contributed by atoms with Crippen molar-refractivity contribution in [3.05, 3.63) is 36.2 Å². The minimum absolute atomic E-state index is 0.992. The second-order valence-electron chi connectivity index (χ2n) is 5.62. The maximum atomic E-state index is 4.23. The van der Waals surface area contributed by atoms with Gasteiger partial charge in [0, 0.05) is 0 Å². The number of nitrogens with zero attached hydrogens (tertiary/aromatic N) is 3. The van der Waals surface area contributed by atoms with Crippen LogP contribution in [0.2, 0.25) is 19.6 Å². The average Bonchev–Trinajstić information content (AvgIpc) is 2.74. The zero-order chi connectivity index (χ0) is 13.2. The molecule has 0 aliphatic heterocycles. The van der Waals surface area contributed by atoms with Gasteiger partial charge in [0.25, 0.3) is 0 Å². The molecule has 0 fully saturated rings. The normalized spacial score (nSPS) is 11.8. The minimum atomic E-state index is -1.07. The summed E-state index contributed by atoms with van der Waals surface area (Å²) in [7, 11) is -1.07. The molecule has 1 aromatic carbocycles. The van der Waals surface area contributed by atoms with E-state index in [4.69, 9.17) is 0 Å². The summed E-state index contributed by atoms with van der Waals surface area (Å²) in [5, 5.41) is 10.4. The molecule has 96 valence electrons. The topological polar surface area (TPSA) is 30.7 Å². The van der Waals surface area contributed by atoms with Gasteiger partial charge < -0.3 is 0 Å². The van der Waals surface area contributed by atoms with Crippen LogP contribution >= 0.6 is 11.8 Å². The van der Waals surface area contributed by atoms with E-state index in [1.807, 2.05) is 11.8 Å². The van der Waals surface area contributed by atoms with Crippen molar-refractivity contribution in [3.63, 3.8) is 0 Å². The molecule has 0 unspecified atom stereocenters. The third-order valence-electron chi connectivity index (χ3n) is 2.53. The molecule has 0 saturated carbocycles. The molecule has 0 atom stereocenters. The van der Waals surface area contributed by atoms with Gasteiger partial charge in [-0.3, -0.25) is 4.57 Å². The van der Waals surface area contributed by atoms with Crippen molar-refractivity contribution in [2.75, 3.05) is 5.38 Å². The molecule has 5 heteroatoms. The summed E-state index contributed by atoms with van der Waals surface area (Å²) in [5.41, 5.74) is 2.41. The molecule has 18 heavy (non-hydrogen) atoms. The summed E-state index contributed by atoms with van der Waals surface area (Å²) >= 11 is 1.82. The smallest absolute Gasteiger partial charge is 0.195 e. The highest BCUT2D eigenvalue weighted by molar-refractivity contribution is 8.00. The number of hydrogen-bond acceptors (Lipinski definition) is 3. The van der Waals surface area contributed by atoms with E-state index in [-0.39, 0.29) is 0 Å². The molecule has 0 spiro atoms. The van der Waals surface area contributed by atoms with Crippen molar-refractivity contribution in [2.45, 2.75) is 31.7 Å². The zero-order valence-electron chi connectivity index (χ0n) is 11.3. The van der Waals surface area contributed by atoms with Gasteiger partial charge in [-0.25, -0.2) is 0 Å². The lowest BCUT2D eigenvalue weighted by atomic mass is 10.2. The quantitative estimate of drug-likeness (QED) is 0.632. The van der Waals surface area contributed by atoms with Crippen molar-refractivity contribution < 1.29 is 0 Å². The molecule has 0 aliphatic carbocycles. The van der Waals surface area contributed by atoms with Crippen molar-refractivity contribution in [3.8, 4) is 5.69 Å². The van der Waals surface area contributed by atoms with Crippen LogP contribution < -0.4 is 0 Å². The van der Waals surface area contributed by atoms with Crippen molar-refractivity contribution in [1.82, 2.24) is 14.8 Å². The Kier molecular flexibility index (Phi) is 3.92. The van der Waals surface area contributed by atoms with Gasteiger partial charge in [-0.2, -0.15) is 0 Å². The van der Waals surface area contributed by atoms with Gasteiger partial charge in [-0.15, -0.1) is 10.2 Å². The Hall–Kier alpha value is -1.07. The Balaban J connectivity index is 2.26. The summed E-state index contributed by atoms with van der Waals surface area (Å²) in [6.07, 6.45) is 1.80. The van der Waals surface area contributed by atoms with E-state index in [0.717, 1.165) is 10.5 Å². The number of thioether (sulfide) groups is 1. The fourth-order valence-electron chi connectivity index (χ4n) is 1.60. The molecule has 3 nitrogen and oxygen atoms in total. The van der Waals surface area contributed by atoms with E-state index in [9.17, 15) is 0 Å². The van der Waals surface area contributed by atoms with Crippen LogP contribution in [0.3, 0.4) is 0 Å². The maximum absolute atomic E-state index is 4.23. The molecule has 0 saturated heterocycles. The summed E-state index contributed by atoms with van der Waals surface area (Å²) in [4.78, 5) is 0. The molecule has 0 bridgehead atoms. The van der Waals surface area contributed by atoms with Crippen LogP contribution in [0.15, 0.2) is 35.7 Å². The second-order valence-corrected chi connectivity index (χ2v) is 12.5. The summed E-state index contributed by atoms with van der Waals surface area (Å²) in [6.45, 7) is 9.22. The van der Waals surface area contributed by atoms with E-state index in [2.05, 4.69) is 65.6 Å². The van der Waals surface area contributed by atoms with E-state index in [1.54, 1.807) is 6.33 Å². The minimum Gasteiger partial charge on any atom is -0.276 e. The number of aryl methyl sites for hydroxylation is 1. The first kappa shape index (κ1) is 13.4. The highest BCUT2D eigenvalue weighted by atomic mass is 32.2. The third kappa shape index (κ3) is 3.23. The lowest BCUT2D eigenvalue weighted by Gasteiger charge is -2.15. The van der Waals surface area contributed by atoms with E-state index in [0.29, 0.717) is 0 Å². The molecule has 0 radical (unpaired) electrons. The van der Waals surface area contributed by atoms with Gasteiger partial charge >= 0.3 is 0 Å². The molecule has 0 aliphatic rings. The second kappa shape index (κ2) is 5.28. The molecule has 1 aromatic heterocycles. The fraction of sp³-hybridized carbons (Fsp3) is 0.385. The standard InChI is InChI=1S/C13H19N3SSi/c1-11-7-5-6-8-12(11)16-9-14-15-13(16)17-10-18(2,3)4/h5-9H,10H2,1-4H3. The van der Waals surface area contributed by atoms with E-state index < -0.39 is 8.07 Å². The van der Waals surface area contributed by atoms with E-state index >= 15 is 0 Å². The highest BCUT2D eigenvalue weighted by Gasteiger charge is 2.16. The molecular formula is C13H19N3SSi. The molecule has 2 rings (SSSR count). The number of aromatic nitrogens is 3. The van der Waals surface area contributed by atoms with Gasteiger partial charge in [-0.05, 0) is 23.9 Å². The van der Waals surface area contributed by atoms with Gasteiger partial charge in [0.15, 0.2) is 5.16 Å². The van der Waals surface area contributed by atoms with Gasteiger partial charge in [-0.1, -0.05) is 49.6 Å². The number of hydrogen-bond donors (Lipinski definition) is 0. The Morgan fingerprint density at radius 1 is 1.22 bits per heavy atom. The monoisotopic (exact) mass is 277 g/mol. The van der Waals surface area contributed by atoms with Crippen LogP contribution in [-0.2, 0) is 0 Å². The molecule has 1 heterocycles. The van der Waals surface area contributed by atoms with Gasteiger partial charge in [0.1, 0.15) is 6.33 Å². The molecular weight excluding hydrogens is 258 g/mol. The van der Waals surface area contributed by atoms with Gasteiger partial charge in [0.05, 0.1) is 13.8 Å². The van der Waals surface area contributed by atoms with Crippen LogP contribution in [-0.4, -0.2) is 28.2 Å². The number of benzene rings is 1. The summed E-state index contributed by atoms with van der Waals surface area (Å²) in [5.74, 6) is 0. The zero-order valence-corrected chi connectivity index (χ0v) is 13.2. The molecule has 0 amide bonds. The number of para-hydroxylation sites is 1. The average molecular weight is 277 g/mol. The largest absolute Gasteiger partial charge is 0.276 e. The highest BCUT2D eigenvalue weighted by Crippen LogP contribution is 2.24. The van der Waals surface area contributed by atoms with Crippen molar-refractivity contribution in [1.29, 1.82) is 0 Å². The molecule has 0 N–H and O–H groups in total. The molecule has 2 aromatic rings. The van der Waals surface area contributed by atoms with Crippen molar-refractivity contribution in [2.24, 2.45) is 0 Å². The van der Waals surface area contributed by atoms with Crippen LogP contribution in [0, 0.1) is 6.92 Å². The van der Waals surface area contributed by atoms with Crippen LogP contribution in [0.1, 0.15) is 5.56 Å². The third-order valence-corrected chi connectivity index (χ3v) is 7.10. The predicted octanol–water partition coefficient (Wildman–Crippen LogP) is 3.55. The number of rotatable bonds is 4. The maximum Gasteiger partial charge on any atom is 0.195 e. The summed E-state index contributed by atoms with van der Waals surface area (Å²) in [6, 6.07) is 8.33. The Morgan fingerprint density at radius 2 is 1.94 bits per heavy atom. The SMILES string of the molecule is Cc1ccccc1-n1cnnc1SC[Si](C)(C)C. The van der Waals surface area contributed by atoms with Crippen LogP contribution in [0.5, 0.6) is 0 Å².